The molecule has 0 aliphatic carbocycles. The fourth-order valence-corrected chi connectivity index (χ4v) is 3.17. The lowest BCUT2D eigenvalue weighted by atomic mass is 10.00. The van der Waals surface area contributed by atoms with E-state index in [4.69, 9.17) is 4.74 Å². The molecule has 0 radical (unpaired) electrons. The van der Waals surface area contributed by atoms with Crippen molar-refractivity contribution in [3.05, 3.63) is 114 Å². The van der Waals surface area contributed by atoms with Crippen LogP contribution in [-0.4, -0.2) is 0 Å². The first-order valence-electron chi connectivity index (χ1n) is 9.30. The van der Waals surface area contributed by atoms with E-state index in [-0.39, 0.29) is 12.4 Å². The van der Waals surface area contributed by atoms with Gasteiger partial charge < -0.3 is 4.74 Å². The molecule has 0 heterocycles. The highest BCUT2D eigenvalue weighted by Crippen LogP contribution is 2.24. The van der Waals surface area contributed by atoms with Crippen LogP contribution in [0.15, 0.2) is 91.0 Å². The molecule has 4 aromatic rings. The average molecular weight is 379 g/mol. The number of halogens is 1. The summed E-state index contributed by atoms with van der Waals surface area (Å²) in [5.74, 6) is 0.337. The highest BCUT2D eigenvalue weighted by atomic mass is 19.1. The summed E-state index contributed by atoms with van der Waals surface area (Å²) in [6.07, 6.45) is 1.83. The average Bonchev–Trinajstić information content (AvgIpc) is 2.77. The van der Waals surface area contributed by atoms with Crippen LogP contribution in [0.4, 0.5) is 4.39 Å². The van der Waals surface area contributed by atoms with E-state index in [2.05, 4.69) is 6.07 Å². The van der Waals surface area contributed by atoms with Gasteiger partial charge in [-0.1, -0.05) is 66.7 Å². The predicted molar refractivity (Wildman–Crippen MR) is 115 cm³/mol. The molecule has 140 valence electrons. The van der Waals surface area contributed by atoms with E-state index in [1.807, 2.05) is 72.8 Å². The van der Waals surface area contributed by atoms with Gasteiger partial charge in [-0.2, -0.15) is 5.26 Å². The molecule has 0 bridgehead atoms. The van der Waals surface area contributed by atoms with Crippen LogP contribution in [-0.2, 0) is 6.61 Å². The van der Waals surface area contributed by atoms with Crippen molar-refractivity contribution in [3.8, 4) is 11.8 Å². The smallest absolute Gasteiger partial charge is 0.129 e. The third-order valence-electron chi connectivity index (χ3n) is 4.70. The SMILES string of the molecule is N#C/C(=C/c1cccc(OCc2ccccc2F)c1)c1ccc2ccccc2c1. The first-order valence-corrected chi connectivity index (χ1v) is 9.30. The molecule has 0 aromatic heterocycles. The molecule has 0 spiro atoms. The Balaban J connectivity index is 1.58. The number of ether oxygens (including phenoxy) is 1. The standard InChI is InChI=1S/C26H18FNO/c27-26-11-4-3-9-23(26)18-29-25-10-5-6-19(15-25)14-24(17-28)22-13-12-20-7-1-2-8-21(20)16-22/h1-16H,18H2/b24-14-. The third-order valence-corrected chi connectivity index (χ3v) is 4.70. The number of nitrogens with zero attached hydrogens (tertiary/aromatic N) is 1. The molecule has 0 aliphatic heterocycles. The normalized spacial score (nSPS) is 11.2. The van der Waals surface area contributed by atoms with Crippen LogP contribution in [0.3, 0.4) is 0 Å². The van der Waals surface area contributed by atoms with Gasteiger partial charge in [0.15, 0.2) is 0 Å². The number of benzene rings is 4. The van der Waals surface area contributed by atoms with E-state index in [1.165, 1.54) is 6.07 Å². The van der Waals surface area contributed by atoms with E-state index in [0.717, 1.165) is 21.9 Å². The lowest BCUT2D eigenvalue weighted by Crippen LogP contribution is -1.98. The van der Waals surface area contributed by atoms with Gasteiger partial charge in [0.1, 0.15) is 18.2 Å². The molecule has 0 atom stereocenters. The van der Waals surface area contributed by atoms with Gasteiger partial charge >= 0.3 is 0 Å². The van der Waals surface area contributed by atoms with Crippen molar-refractivity contribution in [2.24, 2.45) is 0 Å². The predicted octanol–water partition coefficient (Wildman–Crippen LogP) is 6.62. The van der Waals surface area contributed by atoms with Crippen molar-refractivity contribution >= 4 is 22.4 Å². The molecule has 0 saturated heterocycles. The molecule has 4 rings (SSSR count). The van der Waals surface area contributed by atoms with E-state index in [1.54, 1.807) is 18.2 Å². The van der Waals surface area contributed by atoms with Crippen molar-refractivity contribution in [2.75, 3.05) is 0 Å². The minimum absolute atomic E-state index is 0.148. The van der Waals surface area contributed by atoms with Gasteiger partial charge in [0.2, 0.25) is 0 Å². The van der Waals surface area contributed by atoms with E-state index < -0.39 is 0 Å². The molecule has 4 aromatic carbocycles. The van der Waals surface area contributed by atoms with Crippen molar-refractivity contribution in [1.29, 1.82) is 5.26 Å². The fourth-order valence-electron chi connectivity index (χ4n) is 3.17. The first-order chi connectivity index (χ1) is 14.2. The molecule has 0 N–H and O–H groups in total. The minimum Gasteiger partial charge on any atom is -0.489 e. The minimum atomic E-state index is -0.286. The number of fused-ring (bicyclic) bond motifs is 1. The Morgan fingerprint density at radius 1 is 0.862 bits per heavy atom. The molecule has 29 heavy (non-hydrogen) atoms. The second-order valence-electron chi connectivity index (χ2n) is 6.68. The van der Waals surface area contributed by atoms with Crippen LogP contribution in [0.2, 0.25) is 0 Å². The number of hydrogen-bond donors (Lipinski definition) is 0. The Morgan fingerprint density at radius 3 is 2.48 bits per heavy atom. The quantitative estimate of drug-likeness (QED) is 0.288. The van der Waals surface area contributed by atoms with Gasteiger partial charge in [-0.05, 0) is 52.2 Å². The number of nitriles is 1. The Kier molecular flexibility index (Phi) is 5.36. The van der Waals surface area contributed by atoms with Crippen molar-refractivity contribution in [2.45, 2.75) is 6.61 Å². The Morgan fingerprint density at radius 2 is 1.66 bits per heavy atom. The van der Waals surface area contributed by atoms with Crippen molar-refractivity contribution in [1.82, 2.24) is 0 Å². The van der Waals surface area contributed by atoms with Gasteiger partial charge in [-0.25, -0.2) is 4.39 Å². The maximum absolute atomic E-state index is 13.8. The monoisotopic (exact) mass is 379 g/mol. The van der Waals surface area contributed by atoms with Crippen LogP contribution in [0.5, 0.6) is 5.75 Å². The second kappa shape index (κ2) is 8.41. The highest BCUT2D eigenvalue weighted by molar-refractivity contribution is 5.94. The molecule has 0 aliphatic rings. The van der Waals surface area contributed by atoms with E-state index in [0.29, 0.717) is 16.9 Å². The van der Waals surface area contributed by atoms with Crippen LogP contribution < -0.4 is 4.74 Å². The van der Waals surface area contributed by atoms with Crippen LogP contribution in [0, 0.1) is 17.1 Å². The molecule has 0 fully saturated rings. The largest absolute Gasteiger partial charge is 0.489 e. The zero-order chi connectivity index (χ0) is 20.1. The summed E-state index contributed by atoms with van der Waals surface area (Å²) in [6, 6.07) is 30.3. The molecule has 2 nitrogen and oxygen atoms in total. The Labute approximate surface area is 169 Å². The van der Waals surface area contributed by atoms with E-state index in [9.17, 15) is 9.65 Å². The van der Waals surface area contributed by atoms with Crippen molar-refractivity contribution in [3.63, 3.8) is 0 Å². The summed E-state index contributed by atoms with van der Waals surface area (Å²) in [5, 5.41) is 11.9. The Hall–Kier alpha value is -3.90. The van der Waals surface area contributed by atoms with Gasteiger partial charge in [0.05, 0.1) is 11.6 Å². The van der Waals surface area contributed by atoms with Gasteiger partial charge in [0.25, 0.3) is 0 Å². The first kappa shape index (κ1) is 18.5. The summed E-state index contributed by atoms with van der Waals surface area (Å²) in [5.41, 5.74) is 2.79. The second-order valence-corrected chi connectivity index (χ2v) is 6.68. The molecule has 3 heteroatoms. The summed E-state index contributed by atoms with van der Waals surface area (Å²) < 4.78 is 19.5. The third kappa shape index (κ3) is 4.34. The van der Waals surface area contributed by atoms with Crippen LogP contribution in [0.25, 0.3) is 22.4 Å². The summed E-state index contributed by atoms with van der Waals surface area (Å²) >= 11 is 0. The molecule has 0 saturated carbocycles. The summed E-state index contributed by atoms with van der Waals surface area (Å²) in [6.45, 7) is 0.148. The topological polar surface area (TPSA) is 33.0 Å². The number of allylic oxidation sites excluding steroid dienone is 1. The van der Waals surface area contributed by atoms with Gasteiger partial charge in [0, 0.05) is 5.56 Å². The fraction of sp³-hybridized carbons (Fsp3) is 0.0385. The van der Waals surface area contributed by atoms with Crippen LogP contribution >= 0.6 is 0 Å². The van der Waals surface area contributed by atoms with Crippen LogP contribution in [0.1, 0.15) is 16.7 Å². The van der Waals surface area contributed by atoms with E-state index >= 15 is 0 Å². The maximum Gasteiger partial charge on any atom is 0.129 e. The lowest BCUT2D eigenvalue weighted by molar-refractivity contribution is 0.300. The molecular weight excluding hydrogens is 361 g/mol. The maximum atomic E-state index is 13.8. The summed E-state index contributed by atoms with van der Waals surface area (Å²) in [7, 11) is 0. The highest BCUT2D eigenvalue weighted by Gasteiger charge is 2.05. The zero-order valence-corrected chi connectivity index (χ0v) is 15.7. The molecular formula is C26H18FNO. The van der Waals surface area contributed by atoms with Gasteiger partial charge in [-0.15, -0.1) is 0 Å². The number of rotatable bonds is 5. The molecule has 0 amide bonds. The molecule has 0 unspecified atom stereocenters. The summed E-state index contributed by atoms with van der Waals surface area (Å²) in [4.78, 5) is 0. The lowest BCUT2D eigenvalue weighted by Gasteiger charge is -2.08. The number of hydrogen-bond acceptors (Lipinski definition) is 2. The van der Waals surface area contributed by atoms with Gasteiger partial charge in [-0.3, -0.25) is 0 Å². The Bertz CT molecular complexity index is 1240. The zero-order valence-electron chi connectivity index (χ0n) is 15.7. The van der Waals surface area contributed by atoms with Crippen molar-refractivity contribution < 1.29 is 9.13 Å².